The first kappa shape index (κ1) is 15.0. The highest BCUT2D eigenvalue weighted by Crippen LogP contribution is 2.27. The maximum absolute atomic E-state index is 12.0. The Bertz CT molecular complexity index is 665. The van der Waals surface area contributed by atoms with Gasteiger partial charge in [-0.1, -0.05) is 29.8 Å². The highest BCUT2D eigenvalue weighted by atomic mass is 32.1. The monoisotopic (exact) mass is 316 g/mol. The summed E-state index contributed by atoms with van der Waals surface area (Å²) in [5, 5.41) is 6.38. The van der Waals surface area contributed by atoms with E-state index in [1.54, 1.807) is 11.3 Å². The number of hydrogen-bond donors (Lipinski definition) is 2. The fourth-order valence-corrected chi connectivity index (χ4v) is 3.49. The van der Waals surface area contributed by atoms with Crippen molar-refractivity contribution < 1.29 is 4.79 Å². The van der Waals surface area contributed by atoms with Crippen LogP contribution in [0.3, 0.4) is 0 Å². The van der Waals surface area contributed by atoms with Crippen LogP contribution in [0.5, 0.6) is 0 Å². The van der Waals surface area contributed by atoms with E-state index >= 15 is 0 Å². The van der Waals surface area contributed by atoms with E-state index in [0.29, 0.717) is 11.7 Å². The number of aryl methyl sites for hydroxylation is 1. The molecule has 2 aromatic rings. The number of aromatic nitrogens is 1. The van der Waals surface area contributed by atoms with E-state index in [-0.39, 0.29) is 6.03 Å². The molecule has 0 bridgehead atoms. The van der Waals surface area contributed by atoms with E-state index in [1.807, 2.05) is 31.2 Å². The molecule has 5 nitrogen and oxygen atoms in total. The number of hydrogen-bond acceptors (Lipinski definition) is 4. The van der Waals surface area contributed by atoms with Crippen LogP contribution in [0.15, 0.2) is 24.3 Å². The molecule has 0 saturated heterocycles. The predicted octanol–water partition coefficient (Wildman–Crippen LogP) is 2.76. The number of fused-ring (bicyclic) bond motifs is 1. The van der Waals surface area contributed by atoms with E-state index in [2.05, 4.69) is 27.6 Å². The molecular formula is C16H20N4OS. The van der Waals surface area contributed by atoms with Crippen molar-refractivity contribution in [3.05, 3.63) is 46.0 Å². The molecule has 1 aliphatic rings. The summed E-state index contributed by atoms with van der Waals surface area (Å²) in [6, 6.07) is 7.92. The molecule has 0 radical (unpaired) electrons. The lowest BCUT2D eigenvalue weighted by Gasteiger charge is -2.20. The highest BCUT2D eigenvalue weighted by Gasteiger charge is 2.18. The third-order valence-electron chi connectivity index (χ3n) is 3.72. The van der Waals surface area contributed by atoms with Crippen LogP contribution in [0.25, 0.3) is 0 Å². The van der Waals surface area contributed by atoms with E-state index in [1.165, 1.54) is 10.4 Å². The van der Waals surface area contributed by atoms with E-state index in [4.69, 9.17) is 0 Å². The molecule has 0 saturated carbocycles. The van der Waals surface area contributed by atoms with Crippen molar-refractivity contribution in [1.29, 1.82) is 0 Å². The lowest BCUT2D eigenvalue weighted by Crippen LogP contribution is -2.28. The van der Waals surface area contributed by atoms with Crippen molar-refractivity contribution in [3.63, 3.8) is 0 Å². The topological polar surface area (TPSA) is 57.3 Å². The molecule has 2 N–H and O–H groups in total. The van der Waals surface area contributed by atoms with Gasteiger partial charge in [-0.25, -0.2) is 9.78 Å². The third-order valence-corrected chi connectivity index (χ3v) is 4.71. The van der Waals surface area contributed by atoms with Gasteiger partial charge in [0.05, 0.1) is 5.69 Å². The summed E-state index contributed by atoms with van der Waals surface area (Å²) in [6.45, 7) is 4.50. The average molecular weight is 316 g/mol. The van der Waals surface area contributed by atoms with Crippen molar-refractivity contribution in [2.24, 2.45) is 0 Å². The van der Waals surface area contributed by atoms with Gasteiger partial charge in [0.15, 0.2) is 5.13 Å². The lowest BCUT2D eigenvalue weighted by molar-refractivity contribution is 0.251. The van der Waals surface area contributed by atoms with Crippen LogP contribution in [-0.2, 0) is 19.5 Å². The van der Waals surface area contributed by atoms with Crippen molar-refractivity contribution in [2.75, 3.05) is 18.9 Å². The molecule has 0 aliphatic carbocycles. The summed E-state index contributed by atoms with van der Waals surface area (Å²) in [4.78, 5) is 20.0. The van der Waals surface area contributed by atoms with Gasteiger partial charge in [-0.15, -0.1) is 11.3 Å². The molecule has 3 rings (SSSR count). The molecule has 6 heteroatoms. The molecule has 2 amide bonds. The third kappa shape index (κ3) is 3.64. The molecule has 0 unspecified atom stereocenters. The molecule has 2 heterocycles. The minimum Gasteiger partial charge on any atom is -0.334 e. The Balaban J connectivity index is 1.54. The Morgan fingerprint density at radius 1 is 1.36 bits per heavy atom. The van der Waals surface area contributed by atoms with Crippen molar-refractivity contribution in [2.45, 2.75) is 26.4 Å². The van der Waals surface area contributed by atoms with Gasteiger partial charge in [0, 0.05) is 30.9 Å². The largest absolute Gasteiger partial charge is 0.334 e. The van der Waals surface area contributed by atoms with Gasteiger partial charge in [-0.05, 0) is 19.5 Å². The first-order valence-electron chi connectivity index (χ1n) is 7.37. The van der Waals surface area contributed by atoms with Gasteiger partial charge < -0.3 is 10.2 Å². The standard InChI is InChI=1S/C16H20N4OS/c1-11-3-5-12(6-4-11)9-17-15(21)19-16-18-13-7-8-20(2)10-14(13)22-16/h3-6H,7-10H2,1-2H3,(H2,17,18,19,21). The Labute approximate surface area is 134 Å². The summed E-state index contributed by atoms with van der Waals surface area (Å²) < 4.78 is 0. The quantitative estimate of drug-likeness (QED) is 0.915. The average Bonchev–Trinajstić information content (AvgIpc) is 2.88. The number of benzene rings is 1. The fourth-order valence-electron chi connectivity index (χ4n) is 2.41. The van der Waals surface area contributed by atoms with Crippen molar-refractivity contribution in [1.82, 2.24) is 15.2 Å². The molecular weight excluding hydrogens is 296 g/mol. The number of nitrogens with zero attached hydrogens (tertiary/aromatic N) is 2. The number of likely N-dealkylation sites (N-methyl/N-ethyl adjacent to an activating group) is 1. The maximum atomic E-state index is 12.0. The zero-order chi connectivity index (χ0) is 15.5. The number of thiazole rings is 1. The predicted molar refractivity (Wildman–Crippen MR) is 89.2 cm³/mol. The fraction of sp³-hybridized carbons (Fsp3) is 0.375. The number of nitrogens with one attached hydrogen (secondary N) is 2. The molecule has 1 aromatic carbocycles. The first-order chi connectivity index (χ1) is 10.6. The first-order valence-corrected chi connectivity index (χ1v) is 8.19. The number of rotatable bonds is 3. The van der Waals surface area contributed by atoms with Crippen LogP contribution < -0.4 is 10.6 Å². The SMILES string of the molecule is Cc1ccc(CNC(=O)Nc2nc3c(s2)CN(C)CC3)cc1. The van der Waals surface area contributed by atoms with Crippen LogP contribution >= 0.6 is 11.3 Å². The van der Waals surface area contributed by atoms with Crippen molar-refractivity contribution in [3.8, 4) is 0 Å². The zero-order valence-electron chi connectivity index (χ0n) is 12.8. The Kier molecular flexibility index (Phi) is 4.40. The second-order valence-electron chi connectivity index (χ2n) is 5.67. The molecule has 0 spiro atoms. The molecule has 1 aliphatic heterocycles. The summed E-state index contributed by atoms with van der Waals surface area (Å²) in [5.74, 6) is 0. The molecule has 116 valence electrons. The van der Waals surface area contributed by atoms with E-state index in [9.17, 15) is 4.79 Å². The number of carbonyl (C=O) groups excluding carboxylic acids is 1. The van der Waals surface area contributed by atoms with Gasteiger partial charge in [0.1, 0.15) is 0 Å². The summed E-state index contributed by atoms with van der Waals surface area (Å²) >= 11 is 1.57. The molecule has 22 heavy (non-hydrogen) atoms. The molecule has 0 fully saturated rings. The number of urea groups is 1. The van der Waals surface area contributed by atoms with Crippen molar-refractivity contribution >= 4 is 22.5 Å². The van der Waals surface area contributed by atoms with Crippen LogP contribution in [0.2, 0.25) is 0 Å². The maximum Gasteiger partial charge on any atom is 0.321 e. The van der Waals surface area contributed by atoms with E-state index in [0.717, 1.165) is 30.8 Å². The summed E-state index contributed by atoms with van der Waals surface area (Å²) in [7, 11) is 2.10. The highest BCUT2D eigenvalue weighted by molar-refractivity contribution is 7.15. The Morgan fingerprint density at radius 2 is 2.14 bits per heavy atom. The van der Waals surface area contributed by atoms with Crippen LogP contribution in [0, 0.1) is 6.92 Å². The van der Waals surface area contributed by atoms with Gasteiger partial charge in [-0.3, -0.25) is 5.32 Å². The lowest BCUT2D eigenvalue weighted by atomic mass is 10.1. The van der Waals surface area contributed by atoms with Crippen LogP contribution in [0.4, 0.5) is 9.93 Å². The second-order valence-corrected chi connectivity index (χ2v) is 6.75. The zero-order valence-corrected chi connectivity index (χ0v) is 13.7. The molecule has 1 aromatic heterocycles. The molecule has 0 atom stereocenters. The summed E-state index contributed by atoms with van der Waals surface area (Å²) in [5.41, 5.74) is 3.42. The van der Waals surface area contributed by atoms with Gasteiger partial charge >= 0.3 is 6.03 Å². The van der Waals surface area contributed by atoms with Crippen LogP contribution in [-0.4, -0.2) is 29.5 Å². The van der Waals surface area contributed by atoms with E-state index < -0.39 is 0 Å². The summed E-state index contributed by atoms with van der Waals surface area (Å²) in [6.07, 6.45) is 0.953. The number of carbonyl (C=O) groups is 1. The van der Waals surface area contributed by atoms with Gasteiger partial charge in [-0.2, -0.15) is 0 Å². The Hall–Kier alpha value is -1.92. The number of anilines is 1. The Morgan fingerprint density at radius 3 is 2.91 bits per heavy atom. The second kappa shape index (κ2) is 6.46. The smallest absolute Gasteiger partial charge is 0.321 e. The van der Waals surface area contributed by atoms with Crippen LogP contribution in [0.1, 0.15) is 21.7 Å². The minimum atomic E-state index is -0.208. The van der Waals surface area contributed by atoms with Gasteiger partial charge in [0.2, 0.25) is 0 Å². The van der Waals surface area contributed by atoms with Gasteiger partial charge in [0.25, 0.3) is 0 Å². The number of amides is 2. The normalized spacial score (nSPS) is 14.5. The minimum absolute atomic E-state index is 0.208.